The molecule has 0 unspecified atom stereocenters. The molecule has 0 aromatic heterocycles. The van der Waals surface area contributed by atoms with Crippen molar-refractivity contribution in [2.45, 2.75) is 4.43 Å². The third kappa shape index (κ3) is 3.06. The minimum Gasteiger partial charge on any atom is -0.147 e. The second-order valence-electron chi connectivity index (χ2n) is 1.62. The fraction of sp³-hybridized carbons (Fsp3) is 0.143. The monoisotopic (exact) mass is 254 g/mol. The fourth-order valence-corrected chi connectivity index (χ4v) is 1.08. The third-order valence-electron chi connectivity index (χ3n) is 0.997. The van der Waals surface area contributed by atoms with Crippen molar-refractivity contribution < 1.29 is 0 Å². The van der Waals surface area contributed by atoms with Crippen molar-refractivity contribution in [1.82, 2.24) is 0 Å². The highest BCUT2D eigenvalue weighted by atomic mass is 127. The van der Waals surface area contributed by atoms with E-state index in [4.69, 9.17) is 0 Å². The smallest absolute Gasteiger partial charge is 0.0247 e. The summed E-state index contributed by atoms with van der Waals surface area (Å²) in [5.41, 5.74) is 1.40. The minimum absolute atomic E-state index is 0. The van der Waals surface area contributed by atoms with Crippen LogP contribution in [0.2, 0.25) is 0 Å². The first-order chi connectivity index (χ1) is 3.93. The fourth-order valence-electron chi connectivity index (χ4n) is 0.567. The Morgan fingerprint density at radius 1 is 1.11 bits per heavy atom. The summed E-state index contributed by atoms with van der Waals surface area (Å²) in [6, 6.07) is 10.4. The average molecular weight is 254 g/mol. The minimum atomic E-state index is 0. The molecule has 0 amide bonds. The van der Waals surface area contributed by atoms with Crippen molar-refractivity contribution in [2.24, 2.45) is 0 Å². The Labute approximate surface area is 75.2 Å². The highest BCUT2D eigenvalue weighted by molar-refractivity contribution is 14.1. The Morgan fingerprint density at radius 3 is 2.00 bits per heavy atom. The number of hydrogen-bond acceptors (Lipinski definition) is 0. The van der Waals surface area contributed by atoms with Crippen LogP contribution in [0.3, 0.4) is 0 Å². The van der Waals surface area contributed by atoms with E-state index in [1.165, 1.54) is 5.56 Å². The lowest BCUT2D eigenvalue weighted by molar-refractivity contribution is 1.46. The zero-order chi connectivity index (χ0) is 5.82. The molecule has 9 heavy (non-hydrogen) atoms. The molecule has 0 radical (unpaired) electrons. The molecule has 2 heteroatoms. The number of hydrogen-bond donors (Lipinski definition) is 0. The van der Waals surface area contributed by atoms with Crippen LogP contribution in [0.4, 0.5) is 0 Å². The molecule has 0 aliphatic carbocycles. The molecule has 0 bridgehead atoms. The van der Waals surface area contributed by atoms with Crippen molar-refractivity contribution >= 4 is 35.0 Å². The maximum atomic E-state index is 2.35. The van der Waals surface area contributed by atoms with Gasteiger partial charge in [-0.25, -0.2) is 0 Å². The molecule has 1 aromatic carbocycles. The first-order valence-corrected chi connectivity index (χ1v) is 4.06. The zero-order valence-electron chi connectivity index (χ0n) is 4.88. The Kier molecular flexibility index (Phi) is 5.19. The highest BCUT2D eigenvalue weighted by Crippen LogP contribution is 2.02. The lowest BCUT2D eigenvalue weighted by atomic mass is 10.2. The largest absolute Gasteiger partial charge is 0.147 e. The van der Waals surface area contributed by atoms with Crippen LogP contribution in [0.25, 0.3) is 0 Å². The number of rotatable bonds is 1. The van der Waals surface area contributed by atoms with Gasteiger partial charge in [-0.1, -0.05) is 52.9 Å². The van der Waals surface area contributed by atoms with Gasteiger partial charge in [0.2, 0.25) is 0 Å². The van der Waals surface area contributed by atoms with Crippen molar-refractivity contribution in [3.63, 3.8) is 0 Å². The van der Waals surface area contributed by atoms with Crippen molar-refractivity contribution in [1.29, 1.82) is 0 Å². The van der Waals surface area contributed by atoms with Gasteiger partial charge in [0.1, 0.15) is 0 Å². The summed E-state index contributed by atoms with van der Waals surface area (Å²) < 4.78 is 1.11. The molecular formula is C7H8ClI. The van der Waals surface area contributed by atoms with E-state index < -0.39 is 0 Å². The van der Waals surface area contributed by atoms with Crippen LogP contribution in [0.5, 0.6) is 0 Å². The van der Waals surface area contributed by atoms with Crippen molar-refractivity contribution in [2.75, 3.05) is 0 Å². The SMILES string of the molecule is Cl.ICc1ccccc1. The second-order valence-corrected chi connectivity index (χ2v) is 2.38. The van der Waals surface area contributed by atoms with Gasteiger partial charge >= 0.3 is 0 Å². The molecular weight excluding hydrogens is 246 g/mol. The molecule has 0 saturated carbocycles. The van der Waals surface area contributed by atoms with E-state index in [2.05, 4.69) is 46.9 Å². The van der Waals surface area contributed by atoms with Gasteiger partial charge in [-0.3, -0.25) is 0 Å². The summed E-state index contributed by atoms with van der Waals surface area (Å²) in [4.78, 5) is 0. The van der Waals surface area contributed by atoms with Crippen LogP contribution >= 0.6 is 35.0 Å². The molecule has 0 fully saturated rings. The lowest BCUT2D eigenvalue weighted by Gasteiger charge is -1.88. The molecule has 0 nitrogen and oxygen atoms in total. The van der Waals surface area contributed by atoms with Crippen molar-refractivity contribution in [3.05, 3.63) is 35.9 Å². The molecule has 0 saturated heterocycles. The third-order valence-corrected chi connectivity index (χ3v) is 1.88. The van der Waals surface area contributed by atoms with Gasteiger partial charge in [-0.2, -0.15) is 0 Å². The van der Waals surface area contributed by atoms with E-state index in [0.717, 1.165) is 4.43 Å². The number of benzene rings is 1. The van der Waals surface area contributed by atoms with Crippen LogP contribution in [0.15, 0.2) is 30.3 Å². The predicted octanol–water partition coefficient (Wildman–Crippen LogP) is 3.04. The summed E-state index contributed by atoms with van der Waals surface area (Å²) in [5, 5.41) is 0. The van der Waals surface area contributed by atoms with E-state index in [-0.39, 0.29) is 12.4 Å². The maximum Gasteiger partial charge on any atom is 0.0247 e. The first-order valence-electron chi connectivity index (χ1n) is 2.53. The van der Waals surface area contributed by atoms with Gasteiger partial charge < -0.3 is 0 Å². The van der Waals surface area contributed by atoms with Gasteiger partial charge in [0.25, 0.3) is 0 Å². The number of halogens is 2. The van der Waals surface area contributed by atoms with Crippen LogP contribution in [0, 0.1) is 0 Å². The summed E-state index contributed by atoms with van der Waals surface area (Å²) in [5.74, 6) is 0. The normalized spacial score (nSPS) is 8.11. The van der Waals surface area contributed by atoms with Gasteiger partial charge in [-0.05, 0) is 5.56 Å². The van der Waals surface area contributed by atoms with Gasteiger partial charge in [0.15, 0.2) is 0 Å². The zero-order valence-corrected chi connectivity index (χ0v) is 7.85. The predicted molar refractivity (Wildman–Crippen MR) is 51.4 cm³/mol. The molecule has 0 spiro atoms. The van der Waals surface area contributed by atoms with Crippen LogP contribution < -0.4 is 0 Å². The van der Waals surface area contributed by atoms with Crippen molar-refractivity contribution in [3.8, 4) is 0 Å². The van der Waals surface area contributed by atoms with Gasteiger partial charge in [0, 0.05) is 4.43 Å². The Balaban J connectivity index is 0.000000640. The lowest BCUT2D eigenvalue weighted by Crippen LogP contribution is -1.70. The highest BCUT2D eigenvalue weighted by Gasteiger charge is 1.81. The van der Waals surface area contributed by atoms with Gasteiger partial charge in [-0.15, -0.1) is 12.4 Å². The molecule has 0 atom stereocenters. The average Bonchev–Trinajstić information content (AvgIpc) is 1.90. The molecule has 0 heterocycles. The molecule has 1 rings (SSSR count). The van der Waals surface area contributed by atoms with E-state index in [0.29, 0.717) is 0 Å². The molecule has 0 aliphatic rings. The molecule has 50 valence electrons. The van der Waals surface area contributed by atoms with E-state index >= 15 is 0 Å². The van der Waals surface area contributed by atoms with E-state index in [1.807, 2.05) is 6.07 Å². The summed E-state index contributed by atoms with van der Waals surface area (Å²) in [6.45, 7) is 0. The standard InChI is InChI=1S/C7H7I.ClH/c8-6-7-4-2-1-3-5-7;/h1-5H,6H2;1H. The topological polar surface area (TPSA) is 0 Å². The first kappa shape index (κ1) is 9.24. The second kappa shape index (κ2) is 5.06. The van der Waals surface area contributed by atoms with Crippen LogP contribution in [-0.2, 0) is 4.43 Å². The summed E-state index contributed by atoms with van der Waals surface area (Å²) in [7, 11) is 0. The summed E-state index contributed by atoms with van der Waals surface area (Å²) >= 11 is 2.35. The Morgan fingerprint density at radius 2 is 1.67 bits per heavy atom. The maximum absolute atomic E-state index is 2.35. The Hall–Kier alpha value is 0.240. The molecule has 0 N–H and O–H groups in total. The van der Waals surface area contributed by atoms with E-state index in [1.54, 1.807) is 0 Å². The quantitative estimate of drug-likeness (QED) is 0.534. The van der Waals surface area contributed by atoms with E-state index in [9.17, 15) is 0 Å². The van der Waals surface area contributed by atoms with Gasteiger partial charge in [0.05, 0.1) is 0 Å². The Bertz CT molecular complexity index is 150. The number of alkyl halides is 1. The molecule has 0 aliphatic heterocycles. The summed E-state index contributed by atoms with van der Waals surface area (Å²) in [6.07, 6.45) is 0. The van der Waals surface area contributed by atoms with Crippen LogP contribution in [-0.4, -0.2) is 0 Å². The molecule has 1 aromatic rings. The van der Waals surface area contributed by atoms with Crippen LogP contribution in [0.1, 0.15) is 5.56 Å².